The summed E-state index contributed by atoms with van der Waals surface area (Å²) >= 11 is 0. The topological polar surface area (TPSA) is 39.2 Å². The fourth-order valence-corrected chi connectivity index (χ4v) is 1.41. The maximum Gasteiger partial charge on any atom is 0.222 e. The van der Waals surface area contributed by atoms with Crippen LogP contribution in [0.1, 0.15) is 15.9 Å². The van der Waals surface area contributed by atoms with Crippen LogP contribution in [-0.4, -0.2) is 11.3 Å². The normalized spacial score (nSPS) is 10.2. The van der Waals surface area contributed by atoms with E-state index in [1.807, 2.05) is 0 Å². The molecule has 0 amide bonds. The van der Waals surface area contributed by atoms with Crippen molar-refractivity contribution in [1.29, 1.82) is 0 Å². The molecule has 0 aliphatic carbocycles. The monoisotopic (exact) mass is 249 g/mol. The van der Waals surface area contributed by atoms with E-state index in [2.05, 4.69) is 4.98 Å². The van der Waals surface area contributed by atoms with Crippen molar-refractivity contribution in [3.8, 4) is 11.6 Å². The van der Waals surface area contributed by atoms with Crippen LogP contribution in [0, 0.1) is 18.6 Å². The molecule has 2 rings (SSSR count). The van der Waals surface area contributed by atoms with Crippen LogP contribution in [0.2, 0.25) is 0 Å². The van der Waals surface area contributed by atoms with Crippen molar-refractivity contribution in [3.63, 3.8) is 0 Å². The van der Waals surface area contributed by atoms with E-state index in [0.29, 0.717) is 17.4 Å². The molecule has 0 spiro atoms. The number of hydrogen-bond donors (Lipinski definition) is 0. The molecule has 0 saturated carbocycles. The third-order valence-electron chi connectivity index (χ3n) is 2.29. The second kappa shape index (κ2) is 4.91. The van der Waals surface area contributed by atoms with Crippen LogP contribution >= 0.6 is 0 Å². The van der Waals surface area contributed by atoms with E-state index in [1.165, 1.54) is 6.20 Å². The fraction of sp³-hybridized carbons (Fsp3) is 0.0769. The average Bonchev–Trinajstić information content (AvgIpc) is 2.36. The minimum atomic E-state index is -0.683. The number of hydrogen-bond acceptors (Lipinski definition) is 3. The van der Waals surface area contributed by atoms with Crippen LogP contribution in [0.15, 0.2) is 30.5 Å². The largest absolute Gasteiger partial charge is 0.436 e. The van der Waals surface area contributed by atoms with E-state index < -0.39 is 11.6 Å². The quantitative estimate of drug-likeness (QED) is 0.783. The molecule has 0 unspecified atom stereocenters. The Morgan fingerprint density at radius 3 is 2.72 bits per heavy atom. The molecule has 0 atom stereocenters. The standard InChI is InChI=1S/C13H9F2NO2/c1-8-4-9(7-17)6-16-13(8)18-12-5-10(14)2-3-11(12)15/h2-7H,1H3. The zero-order valence-electron chi connectivity index (χ0n) is 9.48. The first-order valence-corrected chi connectivity index (χ1v) is 5.15. The molecule has 0 fully saturated rings. The van der Waals surface area contributed by atoms with Gasteiger partial charge in [-0.1, -0.05) is 0 Å². The fourth-order valence-electron chi connectivity index (χ4n) is 1.41. The Hall–Kier alpha value is -2.30. The lowest BCUT2D eigenvalue weighted by Crippen LogP contribution is -1.95. The maximum atomic E-state index is 13.4. The zero-order chi connectivity index (χ0) is 13.1. The smallest absolute Gasteiger partial charge is 0.222 e. The lowest BCUT2D eigenvalue weighted by atomic mass is 10.2. The Balaban J connectivity index is 2.34. The SMILES string of the molecule is Cc1cc(C=O)cnc1Oc1cc(F)ccc1F. The first-order valence-electron chi connectivity index (χ1n) is 5.15. The van der Waals surface area contributed by atoms with Crippen molar-refractivity contribution in [3.05, 3.63) is 53.2 Å². The predicted molar refractivity (Wildman–Crippen MR) is 60.8 cm³/mol. The molecule has 0 radical (unpaired) electrons. The second-order valence-electron chi connectivity index (χ2n) is 3.69. The molecule has 1 aromatic carbocycles. The van der Waals surface area contributed by atoms with Crippen LogP contribution < -0.4 is 4.74 Å². The number of carbonyl (C=O) groups is 1. The van der Waals surface area contributed by atoms with E-state index in [9.17, 15) is 13.6 Å². The van der Waals surface area contributed by atoms with Crippen molar-refractivity contribution in [2.75, 3.05) is 0 Å². The van der Waals surface area contributed by atoms with Gasteiger partial charge in [0, 0.05) is 23.4 Å². The van der Waals surface area contributed by atoms with Crippen molar-refractivity contribution in [2.24, 2.45) is 0 Å². The molecule has 0 saturated heterocycles. The Morgan fingerprint density at radius 1 is 1.28 bits per heavy atom. The molecule has 92 valence electrons. The first kappa shape index (κ1) is 12.2. The zero-order valence-corrected chi connectivity index (χ0v) is 9.48. The number of nitrogens with zero attached hydrogens (tertiary/aromatic N) is 1. The van der Waals surface area contributed by atoms with Crippen LogP contribution in [0.5, 0.6) is 11.6 Å². The Bertz CT molecular complexity index is 600. The summed E-state index contributed by atoms with van der Waals surface area (Å²) in [6.45, 7) is 1.66. The second-order valence-corrected chi connectivity index (χ2v) is 3.69. The van der Waals surface area contributed by atoms with Crippen molar-refractivity contribution in [1.82, 2.24) is 4.98 Å². The number of rotatable bonds is 3. The van der Waals surface area contributed by atoms with Crippen LogP contribution in [0.4, 0.5) is 8.78 Å². The van der Waals surface area contributed by atoms with Crippen LogP contribution in [-0.2, 0) is 0 Å². The van der Waals surface area contributed by atoms with Gasteiger partial charge >= 0.3 is 0 Å². The molecule has 0 aliphatic rings. The predicted octanol–water partition coefficient (Wildman–Crippen LogP) is 3.27. The van der Waals surface area contributed by atoms with Gasteiger partial charge in [0.1, 0.15) is 5.82 Å². The van der Waals surface area contributed by atoms with E-state index in [0.717, 1.165) is 18.2 Å². The molecule has 1 aromatic heterocycles. The summed E-state index contributed by atoms with van der Waals surface area (Å²) in [5.41, 5.74) is 0.947. The summed E-state index contributed by atoms with van der Waals surface area (Å²) in [5, 5.41) is 0. The summed E-state index contributed by atoms with van der Waals surface area (Å²) in [7, 11) is 0. The lowest BCUT2D eigenvalue weighted by Gasteiger charge is -2.08. The van der Waals surface area contributed by atoms with E-state index >= 15 is 0 Å². The van der Waals surface area contributed by atoms with Crippen molar-refractivity contribution < 1.29 is 18.3 Å². The number of aldehydes is 1. The average molecular weight is 249 g/mol. The van der Waals surface area contributed by atoms with E-state index in [4.69, 9.17) is 4.74 Å². The third-order valence-corrected chi connectivity index (χ3v) is 2.29. The van der Waals surface area contributed by atoms with Gasteiger partial charge in [-0.15, -0.1) is 0 Å². The summed E-state index contributed by atoms with van der Waals surface area (Å²) in [5.74, 6) is -1.40. The summed E-state index contributed by atoms with van der Waals surface area (Å²) in [6, 6.07) is 4.45. The van der Waals surface area contributed by atoms with Gasteiger partial charge in [0.25, 0.3) is 0 Å². The third kappa shape index (κ3) is 2.51. The minimum absolute atomic E-state index is 0.130. The highest BCUT2D eigenvalue weighted by molar-refractivity contribution is 5.74. The van der Waals surface area contributed by atoms with Crippen molar-refractivity contribution >= 4 is 6.29 Å². The molecule has 18 heavy (non-hydrogen) atoms. The lowest BCUT2D eigenvalue weighted by molar-refractivity contribution is 0.112. The van der Waals surface area contributed by atoms with E-state index in [1.54, 1.807) is 13.0 Å². The molecular weight excluding hydrogens is 240 g/mol. The highest BCUT2D eigenvalue weighted by Gasteiger charge is 2.09. The van der Waals surface area contributed by atoms with Gasteiger partial charge in [0.05, 0.1) is 0 Å². The number of aryl methyl sites for hydroxylation is 1. The Morgan fingerprint density at radius 2 is 2.06 bits per heavy atom. The number of carbonyl (C=O) groups excluding carboxylic acids is 1. The highest BCUT2D eigenvalue weighted by atomic mass is 19.1. The first-order chi connectivity index (χ1) is 8.60. The number of ether oxygens (including phenoxy) is 1. The van der Waals surface area contributed by atoms with Gasteiger partial charge in [-0.2, -0.15) is 0 Å². The summed E-state index contributed by atoms with van der Waals surface area (Å²) < 4.78 is 31.5. The molecule has 2 aromatic rings. The van der Waals surface area contributed by atoms with E-state index in [-0.39, 0.29) is 11.6 Å². The number of aromatic nitrogens is 1. The van der Waals surface area contributed by atoms with Crippen molar-refractivity contribution in [2.45, 2.75) is 6.92 Å². The molecule has 0 N–H and O–H groups in total. The molecule has 0 aliphatic heterocycles. The molecule has 0 bridgehead atoms. The summed E-state index contributed by atoms with van der Waals surface area (Å²) in [4.78, 5) is 14.4. The molecule has 3 nitrogen and oxygen atoms in total. The number of pyridine rings is 1. The maximum absolute atomic E-state index is 13.4. The summed E-state index contributed by atoms with van der Waals surface area (Å²) in [6.07, 6.45) is 1.94. The molecular formula is C13H9F2NO2. The Kier molecular flexibility index (Phi) is 3.32. The highest BCUT2D eigenvalue weighted by Crippen LogP contribution is 2.26. The van der Waals surface area contributed by atoms with Gasteiger partial charge in [-0.25, -0.2) is 13.8 Å². The van der Waals surface area contributed by atoms with Gasteiger partial charge in [0.2, 0.25) is 5.88 Å². The number of benzene rings is 1. The van der Waals surface area contributed by atoms with Gasteiger partial charge in [0.15, 0.2) is 17.9 Å². The van der Waals surface area contributed by atoms with Gasteiger partial charge < -0.3 is 4.74 Å². The Labute approximate surface area is 102 Å². The van der Waals surface area contributed by atoms with Crippen LogP contribution in [0.25, 0.3) is 0 Å². The minimum Gasteiger partial charge on any atom is -0.436 e. The molecule has 5 heteroatoms. The van der Waals surface area contributed by atoms with Crippen LogP contribution in [0.3, 0.4) is 0 Å². The number of halogens is 2. The molecule has 1 heterocycles. The van der Waals surface area contributed by atoms with Gasteiger partial charge in [-0.05, 0) is 25.1 Å². The van der Waals surface area contributed by atoms with Gasteiger partial charge in [-0.3, -0.25) is 4.79 Å².